The van der Waals surface area contributed by atoms with Crippen molar-refractivity contribution in [3.8, 4) is 5.75 Å². The Morgan fingerprint density at radius 1 is 1.31 bits per heavy atom. The predicted octanol–water partition coefficient (Wildman–Crippen LogP) is 2.75. The van der Waals surface area contributed by atoms with Crippen molar-refractivity contribution in [2.45, 2.75) is 13.8 Å². The maximum atomic E-state index is 11.3. The molecule has 2 rings (SSSR count). The Kier molecular flexibility index (Phi) is 2.60. The highest BCUT2D eigenvalue weighted by molar-refractivity contribution is 5.96. The molecule has 0 saturated heterocycles. The molecule has 3 nitrogen and oxygen atoms in total. The Labute approximate surface area is 94.1 Å². The Bertz CT molecular complexity index is 561. The minimum absolute atomic E-state index is 0.0205. The SMILES string of the molecule is COc1ccc2c(C)cc(C(C)=O)nc2c1. The number of ketones is 1. The summed E-state index contributed by atoms with van der Waals surface area (Å²) < 4.78 is 5.14. The summed E-state index contributed by atoms with van der Waals surface area (Å²) >= 11 is 0. The number of carbonyl (C=O) groups excluding carboxylic acids is 1. The number of ether oxygens (including phenoxy) is 1. The molecule has 0 bridgehead atoms. The van der Waals surface area contributed by atoms with Crippen LogP contribution in [0.25, 0.3) is 10.9 Å². The lowest BCUT2D eigenvalue weighted by Gasteiger charge is -2.06. The van der Waals surface area contributed by atoms with E-state index in [0.717, 1.165) is 22.2 Å². The summed E-state index contributed by atoms with van der Waals surface area (Å²) in [5, 5.41) is 1.05. The van der Waals surface area contributed by atoms with Gasteiger partial charge in [0.2, 0.25) is 0 Å². The number of pyridine rings is 1. The zero-order chi connectivity index (χ0) is 11.7. The summed E-state index contributed by atoms with van der Waals surface area (Å²) in [6.45, 7) is 3.50. The van der Waals surface area contributed by atoms with Crippen LogP contribution in [0.5, 0.6) is 5.75 Å². The number of Topliss-reactive ketones (excluding diaryl/α,β-unsaturated/α-hetero) is 1. The smallest absolute Gasteiger partial charge is 0.178 e. The summed E-state index contributed by atoms with van der Waals surface area (Å²) in [4.78, 5) is 15.6. The molecular formula is C13H13NO2. The fraction of sp³-hybridized carbons (Fsp3) is 0.231. The Morgan fingerprint density at radius 2 is 2.06 bits per heavy atom. The molecular weight excluding hydrogens is 202 g/mol. The molecule has 82 valence electrons. The van der Waals surface area contributed by atoms with Crippen LogP contribution in [0.4, 0.5) is 0 Å². The Morgan fingerprint density at radius 3 is 2.69 bits per heavy atom. The first-order valence-electron chi connectivity index (χ1n) is 5.08. The van der Waals surface area contributed by atoms with Gasteiger partial charge in [-0.05, 0) is 30.7 Å². The van der Waals surface area contributed by atoms with Gasteiger partial charge >= 0.3 is 0 Å². The molecule has 1 aromatic carbocycles. The highest BCUT2D eigenvalue weighted by atomic mass is 16.5. The van der Waals surface area contributed by atoms with Crippen LogP contribution < -0.4 is 4.74 Å². The standard InChI is InChI=1S/C13H13NO2/c1-8-6-12(9(2)15)14-13-7-10(16-3)4-5-11(8)13/h4-7H,1-3H3. The van der Waals surface area contributed by atoms with Crippen LogP contribution in [0, 0.1) is 6.92 Å². The summed E-state index contributed by atoms with van der Waals surface area (Å²) in [6.07, 6.45) is 0. The van der Waals surface area contributed by atoms with Gasteiger partial charge in [0.1, 0.15) is 11.4 Å². The number of methoxy groups -OCH3 is 1. The summed E-state index contributed by atoms with van der Waals surface area (Å²) in [7, 11) is 1.61. The zero-order valence-electron chi connectivity index (χ0n) is 9.57. The third-order valence-corrected chi connectivity index (χ3v) is 2.58. The minimum Gasteiger partial charge on any atom is -0.497 e. The van der Waals surface area contributed by atoms with Crippen LogP contribution in [0.1, 0.15) is 23.0 Å². The van der Waals surface area contributed by atoms with Gasteiger partial charge in [0, 0.05) is 18.4 Å². The molecule has 0 N–H and O–H groups in total. The fourth-order valence-corrected chi connectivity index (χ4v) is 1.69. The zero-order valence-corrected chi connectivity index (χ0v) is 9.57. The van der Waals surface area contributed by atoms with Gasteiger partial charge in [0.15, 0.2) is 5.78 Å². The van der Waals surface area contributed by atoms with Crippen LogP contribution in [0.3, 0.4) is 0 Å². The Hall–Kier alpha value is -1.90. The lowest BCUT2D eigenvalue weighted by Crippen LogP contribution is -1.98. The summed E-state index contributed by atoms with van der Waals surface area (Å²) in [5.41, 5.74) is 2.35. The second kappa shape index (κ2) is 3.93. The van der Waals surface area contributed by atoms with E-state index >= 15 is 0 Å². The molecule has 0 aliphatic heterocycles. The van der Waals surface area contributed by atoms with Crippen molar-refractivity contribution in [1.82, 2.24) is 4.98 Å². The third kappa shape index (κ3) is 1.76. The first-order chi connectivity index (χ1) is 7.61. The highest BCUT2D eigenvalue weighted by Crippen LogP contribution is 2.22. The van der Waals surface area contributed by atoms with Crippen LogP contribution in [0.2, 0.25) is 0 Å². The van der Waals surface area contributed by atoms with E-state index in [1.807, 2.05) is 31.2 Å². The van der Waals surface area contributed by atoms with Crippen LogP contribution >= 0.6 is 0 Å². The van der Waals surface area contributed by atoms with E-state index in [1.165, 1.54) is 6.92 Å². The van der Waals surface area contributed by atoms with Crippen molar-refractivity contribution < 1.29 is 9.53 Å². The summed E-state index contributed by atoms with van der Waals surface area (Å²) in [5.74, 6) is 0.730. The van der Waals surface area contributed by atoms with E-state index in [2.05, 4.69) is 4.98 Å². The van der Waals surface area contributed by atoms with Crippen LogP contribution in [0.15, 0.2) is 24.3 Å². The van der Waals surface area contributed by atoms with E-state index in [0.29, 0.717) is 5.69 Å². The fourth-order valence-electron chi connectivity index (χ4n) is 1.69. The number of nitrogens with zero attached hydrogens (tertiary/aromatic N) is 1. The molecule has 1 aromatic heterocycles. The lowest BCUT2D eigenvalue weighted by atomic mass is 10.1. The van der Waals surface area contributed by atoms with Crippen molar-refractivity contribution in [2.75, 3.05) is 7.11 Å². The van der Waals surface area contributed by atoms with Gasteiger partial charge in [-0.15, -0.1) is 0 Å². The number of rotatable bonds is 2. The quantitative estimate of drug-likeness (QED) is 0.723. The van der Waals surface area contributed by atoms with Crippen molar-refractivity contribution in [3.63, 3.8) is 0 Å². The average Bonchev–Trinajstić information content (AvgIpc) is 2.28. The van der Waals surface area contributed by atoms with Gasteiger partial charge in [-0.2, -0.15) is 0 Å². The number of aryl methyl sites for hydroxylation is 1. The molecule has 0 aliphatic carbocycles. The number of carbonyl (C=O) groups is 1. The normalized spacial score (nSPS) is 10.4. The van der Waals surface area contributed by atoms with Crippen LogP contribution in [-0.2, 0) is 0 Å². The molecule has 0 amide bonds. The Balaban J connectivity index is 2.72. The van der Waals surface area contributed by atoms with Crippen molar-refractivity contribution in [2.24, 2.45) is 0 Å². The number of fused-ring (bicyclic) bond motifs is 1. The molecule has 0 saturated carbocycles. The largest absolute Gasteiger partial charge is 0.497 e. The molecule has 0 radical (unpaired) electrons. The van der Waals surface area contributed by atoms with Gasteiger partial charge < -0.3 is 4.74 Å². The molecule has 16 heavy (non-hydrogen) atoms. The monoisotopic (exact) mass is 215 g/mol. The van der Waals surface area contributed by atoms with Crippen molar-refractivity contribution in [3.05, 3.63) is 35.5 Å². The maximum Gasteiger partial charge on any atom is 0.178 e. The molecule has 3 heteroatoms. The number of benzene rings is 1. The molecule has 0 fully saturated rings. The number of aromatic nitrogens is 1. The molecule has 0 spiro atoms. The number of hydrogen-bond acceptors (Lipinski definition) is 3. The second-order valence-electron chi connectivity index (χ2n) is 3.76. The van der Waals surface area contributed by atoms with Gasteiger partial charge in [0.05, 0.1) is 12.6 Å². The minimum atomic E-state index is -0.0205. The molecule has 0 aliphatic rings. The van der Waals surface area contributed by atoms with E-state index < -0.39 is 0 Å². The predicted molar refractivity (Wildman–Crippen MR) is 63.0 cm³/mol. The van der Waals surface area contributed by atoms with Gasteiger partial charge in [0.25, 0.3) is 0 Å². The maximum absolute atomic E-state index is 11.3. The molecule has 0 atom stereocenters. The molecule has 2 aromatic rings. The van der Waals surface area contributed by atoms with Gasteiger partial charge in [-0.3, -0.25) is 4.79 Å². The van der Waals surface area contributed by atoms with Crippen molar-refractivity contribution >= 4 is 16.7 Å². The molecule has 1 heterocycles. The first-order valence-corrected chi connectivity index (χ1v) is 5.08. The highest BCUT2D eigenvalue weighted by Gasteiger charge is 2.06. The van der Waals surface area contributed by atoms with Crippen molar-refractivity contribution in [1.29, 1.82) is 0 Å². The van der Waals surface area contributed by atoms with Gasteiger partial charge in [-0.1, -0.05) is 0 Å². The topological polar surface area (TPSA) is 39.2 Å². The summed E-state index contributed by atoms with van der Waals surface area (Å²) in [6, 6.07) is 7.51. The first kappa shape index (κ1) is 10.6. The van der Waals surface area contributed by atoms with E-state index in [-0.39, 0.29) is 5.78 Å². The third-order valence-electron chi connectivity index (χ3n) is 2.58. The van der Waals surface area contributed by atoms with Gasteiger partial charge in [-0.25, -0.2) is 4.98 Å². The van der Waals surface area contributed by atoms with E-state index in [4.69, 9.17) is 4.74 Å². The second-order valence-corrected chi connectivity index (χ2v) is 3.76. The number of hydrogen-bond donors (Lipinski definition) is 0. The van der Waals surface area contributed by atoms with E-state index in [1.54, 1.807) is 7.11 Å². The van der Waals surface area contributed by atoms with Crippen LogP contribution in [-0.4, -0.2) is 17.9 Å². The average molecular weight is 215 g/mol. The molecule has 0 unspecified atom stereocenters. The van der Waals surface area contributed by atoms with E-state index in [9.17, 15) is 4.79 Å². The lowest BCUT2D eigenvalue weighted by molar-refractivity contribution is 0.101.